The quantitative estimate of drug-likeness (QED) is 0.620. The molecule has 0 unspecified atom stereocenters. The molecule has 0 bridgehead atoms. The van der Waals surface area contributed by atoms with E-state index in [0.29, 0.717) is 25.4 Å². The molecular formula is C16H22N2O4. The fraction of sp³-hybridized carbons (Fsp3) is 0.375. The van der Waals surface area contributed by atoms with E-state index >= 15 is 0 Å². The van der Waals surface area contributed by atoms with E-state index in [1.807, 2.05) is 0 Å². The maximum atomic E-state index is 11.9. The van der Waals surface area contributed by atoms with E-state index in [0.717, 1.165) is 5.56 Å². The zero-order valence-electron chi connectivity index (χ0n) is 13.2. The van der Waals surface area contributed by atoms with Crippen LogP contribution in [0, 0.1) is 0 Å². The molecule has 6 nitrogen and oxygen atoms in total. The van der Waals surface area contributed by atoms with Crippen molar-refractivity contribution < 1.29 is 19.1 Å². The third-order valence-electron chi connectivity index (χ3n) is 2.84. The van der Waals surface area contributed by atoms with Crippen molar-refractivity contribution >= 4 is 23.8 Å². The van der Waals surface area contributed by atoms with Crippen LogP contribution in [0.4, 0.5) is 10.5 Å². The molecule has 0 radical (unpaired) electrons. The highest BCUT2D eigenvalue weighted by Gasteiger charge is 2.07. The Morgan fingerprint density at radius 2 is 1.95 bits per heavy atom. The summed E-state index contributed by atoms with van der Waals surface area (Å²) in [7, 11) is 3.29. The lowest BCUT2D eigenvalue weighted by molar-refractivity contribution is -0.137. The summed E-state index contributed by atoms with van der Waals surface area (Å²) < 4.78 is 9.73. The van der Waals surface area contributed by atoms with Crippen molar-refractivity contribution in [3.05, 3.63) is 35.9 Å². The summed E-state index contributed by atoms with van der Waals surface area (Å²) in [6.45, 7) is 3.11. The molecule has 6 heteroatoms. The summed E-state index contributed by atoms with van der Waals surface area (Å²) in [5.41, 5.74) is 1.53. The first-order chi connectivity index (χ1) is 10.6. The number of ether oxygens (including phenoxy) is 2. The van der Waals surface area contributed by atoms with Crippen molar-refractivity contribution in [1.82, 2.24) is 4.90 Å². The van der Waals surface area contributed by atoms with Crippen LogP contribution in [0.2, 0.25) is 0 Å². The molecule has 1 aromatic carbocycles. The highest BCUT2D eigenvalue weighted by molar-refractivity contribution is 5.89. The first-order valence-corrected chi connectivity index (χ1v) is 7.02. The lowest BCUT2D eigenvalue weighted by atomic mass is 10.2. The average Bonchev–Trinajstić information content (AvgIpc) is 2.52. The first-order valence-electron chi connectivity index (χ1n) is 7.02. The minimum Gasteiger partial charge on any atom is -0.463 e. The fourth-order valence-electron chi connectivity index (χ4n) is 1.58. The van der Waals surface area contributed by atoms with Crippen LogP contribution in [0.15, 0.2) is 30.3 Å². The van der Waals surface area contributed by atoms with Crippen molar-refractivity contribution in [2.24, 2.45) is 0 Å². The molecule has 1 rings (SSSR count). The largest absolute Gasteiger partial charge is 0.463 e. The van der Waals surface area contributed by atoms with Gasteiger partial charge in [-0.3, -0.25) is 0 Å². The Bertz CT molecular complexity index is 511. The first kappa shape index (κ1) is 17.7. The van der Waals surface area contributed by atoms with Gasteiger partial charge in [0.25, 0.3) is 0 Å². The van der Waals surface area contributed by atoms with E-state index in [4.69, 9.17) is 9.47 Å². The number of methoxy groups -OCH3 is 1. The van der Waals surface area contributed by atoms with Crippen molar-refractivity contribution in [2.75, 3.05) is 39.2 Å². The Morgan fingerprint density at radius 1 is 1.27 bits per heavy atom. The molecule has 0 atom stereocenters. The Labute approximate surface area is 130 Å². The molecule has 0 aliphatic heterocycles. The van der Waals surface area contributed by atoms with E-state index in [1.54, 1.807) is 51.4 Å². The second-order valence-corrected chi connectivity index (χ2v) is 4.55. The molecule has 0 saturated carbocycles. The van der Waals surface area contributed by atoms with Crippen LogP contribution in [0.5, 0.6) is 0 Å². The van der Waals surface area contributed by atoms with Gasteiger partial charge >= 0.3 is 12.0 Å². The minimum absolute atomic E-state index is 0.202. The van der Waals surface area contributed by atoms with Crippen LogP contribution in [-0.2, 0) is 14.3 Å². The molecule has 0 aliphatic carbocycles. The molecule has 1 N–H and O–H groups in total. The number of benzene rings is 1. The molecular weight excluding hydrogens is 284 g/mol. The number of carbonyl (C=O) groups excluding carboxylic acids is 2. The third kappa shape index (κ3) is 6.41. The van der Waals surface area contributed by atoms with Gasteiger partial charge in [0.05, 0.1) is 13.2 Å². The van der Waals surface area contributed by atoms with Crippen molar-refractivity contribution in [1.29, 1.82) is 0 Å². The Morgan fingerprint density at radius 3 is 2.55 bits per heavy atom. The van der Waals surface area contributed by atoms with Gasteiger partial charge in [-0.15, -0.1) is 0 Å². The van der Waals surface area contributed by atoms with E-state index < -0.39 is 0 Å². The van der Waals surface area contributed by atoms with Crippen LogP contribution < -0.4 is 5.32 Å². The van der Waals surface area contributed by atoms with E-state index in [-0.39, 0.29) is 12.0 Å². The number of anilines is 1. The van der Waals surface area contributed by atoms with Gasteiger partial charge in [-0.1, -0.05) is 12.1 Å². The zero-order valence-corrected chi connectivity index (χ0v) is 13.2. The molecule has 0 heterocycles. The van der Waals surface area contributed by atoms with Gasteiger partial charge in [-0.25, -0.2) is 9.59 Å². The Kier molecular flexibility index (Phi) is 7.70. The molecule has 0 saturated heterocycles. The van der Waals surface area contributed by atoms with Crippen LogP contribution in [-0.4, -0.2) is 50.8 Å². The smallest absolute Gasteiger partial charge is 0.330 e. The van der Waals surface area contributed by atoms with Crippen molar-refractivity contribution in [2.45, 2.75) is 6.92 Å². The number of nitrogens with one attached hydrogen (secondary N) is 1. The molecule has 22 heavy (non-hydrogen) atoms. The number of nitrogens with zero attached hydrogens (tertiary/aromatic N) is 1. The van der Waals surface area contributed by atoms with E-state index in [9.17, 15) is 9.59 Å². The maximum Gasteiger partial charge on any atom is 0.330 e. The van der Waals surface area contributed by atoms with E-state index in [2.05, 4.69) is 5.32 Å². The second kappa shape index (κ2) is 9.57. The number of hydrogen-bond acceptors (Lipinski definition) is 4. The number of hydrogen-bond donors (Lipinski definition) is 1. The Hall–Kier alpha value is -2.34. The average molecular weight is 306 g/mol. The number of rotatable bonds is 7. The summed E-state index contributed by atoms with van der Waals surface area (Å²) in [5, 5.41) is 2.78. The van der Waals surface area contributed by atoms with Gasteiger partial charge in [-0.05, 0) is 30.7 Å². The lowest BCUT2D eigenvalue weighted by Crippen LogP contribution is -2.33. The summed E-state index contributed by atoms with van der Waals surface area (Å²) in [5.74, 6) is -0.375. The molecule has 2 amide bonds. The predicted octanol–water partition coefficient (Wildman–Crippen LogP) is 2.37. The minimum atomic E-state index is -0.375. The monoisotopic (exact) mass is 306 g/mol. The number of likely N-dealkylation sites (N-methyl/N-ethyl adjacent to an activating group) is 1. The van der Waals surface area contributed by atoms with Gasteiger partial charge in [0.1, 0.15) is 0 Å². The SMILES string of the molecule is CCOC(=O)C=Cc1ccc(NC(=O)N(C)CCOC)cc1. The van der Waals surface area contributed by atoms with Gasteiger partial charge in [0.15, 0.2) is 0 Å². The van der Waals surface area contributed by atoms with E-state index in [1.165, 1.54) is 11.0 Å². The predicted molar refractivity (Wildman–Crippen MR) is 85.6 cm³/mol. The topological polar surface area (TPSA) is 67.9 Å². The third-order valence-corrected chi connectivity index (χ3v) is 2.84. The number of esters is 1. The Balaban J connectivity index is 2.54. The van der Waals surface area contributed by atoms with Gasteiger partial charge in [0.2, 0.25) is 0 Å². The zero-order chi connectivity index (χ0) is 16.4. The molecule has 120 valence electrons. The molecule has 0 spiro atoms. The number of urea groups is 1. The van der Waals surface area contributed by atoms with Crippen LogP contribution in [0.3, 0.4) is 0 Å². The molecule has 0 fully saturated rings. The number of amides is 2. The normalized spacial score (nSPS) is 10.5. The van der Waals surface area contributed by atoms with Crippen molar-refractivity contribution in [3.63, 3.8) is 0 Å². The van der Waals surface area contributed by atoms with Gasteiger partial charge < -0.3 is 19.7 Å². The van der Waals surface area contributed by atoms with Crippen molar-refractivity contribution in [3.8, 4) is 0 Å². The molecule has 1 aromatic rings. The van der Waals surface area contributed by atoms with Crippen LogP contribution in [0.25, 0.3) is 6.08 Å². The molecule has 0 aliphatic rings. The summed E-state index contributed by atoms with van der Waals surface area (Å²) >= 11 is 0. The van der Waals surface area contributed by atoms with Crippen LogP contribution in [0.1, 0.15) is 12.5 Å². The number of carbonyl (C=O) groups is 2. The standard InChI is InChI=1S/C16H22N2O4/c1-4-22-15(19)10-7-13-5-8-14(9-6-13)17-16(20)18(2)11-12-21-3/h5-10H,4,11-12H2,1-3H3,(H,17,20). The van der Waals surface area contributed by atoms with Crippen LogP contribution >= 0.6 is 0 Å². The fourth-order valence-corrected chi connectivity index (χ4v) is 1.58. The maximum absolute atomic E-state index is 11.9. The van der Waals surface area contributed by atoms with Gasteiger partial charge in [-0.2, -0.15) is 0 Å². The molecule has 0 aromatic heterocycles. The van der Waals surface area contributed by atoms with Gasteiger partial charge in [0, 0.05) is 32.5 Å². The highest BCUT2D eigenvalue weighted by atomic mass is 16.5. The highest BCUT2D eigenvalue weighted by Crippen LogP contribution is 2.11. The summed E-state index contributed by atoms with van der Waals surface area (Å²) in [6, 6.07) is 6.95. The summed E-state index contributed by atoms with van der Waals surface area (Å²) in [4.78, 5) is 24.6. The second-order valence-electron chi connectivity index (χ2n) is 4.55. The summed E-state index contributed by atoms with van der Waals surface area (Å²) in [6.07, 6.45) is 3.03. The lowest BCUT2D eigenvalue weighted by Gasteiger charge is -2.17.